The smallest absolute Gasteiger partial charge is 0.410 e. The van der Waals surface area contributed by atoms with Crippen molar-refractivity contribution in [1.82, 2.24) is 14.9 Å². The van der Waals surface area contributed by atoms with Crippen LogP contribution in [0.1, 0.15) is 40.0 Å². The minimum absolute atomic E-state index is 0.0860. The molecule has 1 aliphatic rings. The van der Waals surface area contributed by atoms with Gasteiger partial charge in [0, 0.05) is 13.1 Å². The van der Waals surface area contributed by atoms with Crippen LogP contribution in [0.3, 0.4) is 0 Å². The number of ether oxygens (including phenoxy) is 1. The molecule has 1 unspecified atom stereocenters. The van der Waals surface area contributed by atoms with Gasteiger partial charge in [-0.1, -0.05) is 11.6 Å². The lowest BCUT2D eigenvalue weighted by molar-refractivity contribution is 0.0114. The van der Waals surface area contributed by atoms with Crippen molar-refractivity contribution in [3.63, 3.8) is 0 Å². The second-order valence-corrected chi connectivity index (χ2v) is 6.87. The molecule has 6 nitrogen and oxygen atoms in total. The molecule has 0 bridgehead atoms. The van der Waals surface area contributed by atoms with Crippen LogP contribution in [0.25, 0.3) is 0 Å². The minimum Gasteiger partial charge on any atom is -0.444 e. The lowest BCUT2D eigenvalue weighted by Crippen LogP contribution is -2.49. The third-order valence-corrected chi connectivity index (χ3v) is 3.57. The Morgan fingerprint density at radius 2 is 2.09 bits per heavy atom. The van der Waals surface area contributed by atoms with Gasteiger partial charge < -0.3 is 15.0 Å². The van der Waals surface area contributed by atoms with Gasteiger partial charge >= 0.3 is 6.09 Å². The van der Waals surface area contributed by atoms with Crippen molar-refractivity contribution in [2.45, 2.75) is 51.7 Å². The van der Waals surface area contributed by atoms with Gasteiger partial charge in [0.25, 0.3) is 0 Å². The van der Waals surface area contributed by atoms with E-state index < -0.39 is 5.60 Å². The van der Waals surface area contributed by atoms with E-state index in [1.807, 2.05) is 20.8 Å². The number of aromatic nitrogens is 2. The number of hydrogen-bond acceptors (Lipinski definition) is 5. The summed E-state index contributed by atoms with van der Waals surface area (Å²) in [6.07, 6.45) is 5.89. The molecule has 122 valence electrons. The minimum atomic E-state index is -0.480. The third-order valence-electron chi connectivity index (χ3n) is 3.37. The Bertz CT molecular complexity index is 501. The van der Waals surface area contributed by atoms with Crippen molar-refractivity contribution in [2.75, 3.05) is 18.4 Å². The Morgan fingerprint density at radius 1 is 1.41 bits per heavy atom. The molecule has 2 heterocycles. The molecule has 1 aromatic rings. The maximum absolute atomic E-state index is 12.3. The van der Waals surface area contributed by atoms with Crippen LogP contribution >= 0.6 is 11.6 Å². The number of carbonyl (C=O) groups excluding carboxylic acids is 1. The van der Waals surface area contributed by atoms with Crippen molar-refractivity contribution in [2.24, 2.45) is 0 Å². The first kappa shape index (κ1) is 16.8. The molecule has 0 spiro atoms. The maximum atomic E-state index is 12.3. The summed E-state index contributed by atoms with van der Waals surface area (Å²) in [5.41, 5.74) is -0.480. The molecule has 22 heavy (non-hydrogen) atoms. The molecule has 0 aromatic carbocycles. The maximum Gasteiger partial charge on any atom is 0.410 e. The molecule has 0 aliphatic carbocycles. The molecule has 0 saturated carbocycles. The molecule has 1 N–H and O–H groups in total. The molecule has 1 atom stereocenters. The highest BCUT2D eigenvalue weighted by Crippen LogP contribution is 2.20. The first-order valence-electron chi connectivity index (χ1n) is 7.56. The van der Waals surface area contributed by atoms with Crippen LogP contribution in [0.15, 0.2) is 12.4 Å². The van der Waals surface area contributed by atoms with E-state index in [1.165, 1.54) is 0 Å². The van der Waals surface area contributed by atoms with E-state index in [0.717, 1.165) is 25.8 Å². The summed E-state index contributed by atoms with van der Waals surface area (Å²) in [5, 5.41) is 3.66. The SMILES string of the molecule is CC(C)(C)OC(=O)N1CCCCC1CNc1ncc(Cl)cn1. The summed E-state index contributed by atoms with van der Waals surface area (Å²) in [4.78, 5) is 22.3. The van der Waals surface area contributed by atoms with Crippen LogP contribution in [0.5, 0.6) is 0 Å². The van der Waals surface area contributed by atoms with Crippen molar-refractivity contribution in [3.05, 3.63) is 17.4 Å². The van der Waals surface area contributed by atoms with E-state index in [4.69, 9.17) is 16.3 Å². The molecule has 7 heteroatoms. The lowest BCUT2D eigenvalue weighted by Gasteiger charge is -2.36. The Labute approximate surface area is 136 Å². The monoisotopic (exact) mass is 326 g/mol. The number of nitrogens with one attached hydrogen (secondary N) is 1. The van der Waals surface area contributed by atoms with Gasteiger partial charge in [-0.25, -0.2) is 14.8 Å². The number of rotatable bonds is 3. The number of carbonyl (C=O) groups is 1. The molecule has 0 radical (unpaired) electrons. The highest BCUT2D eigenvalue weighted by atomic mass is 35.5. The molecule has 1 aromatic heterocycles. The second kappa shape index (κ2) is 7.13. The number of halogens is 1. The quantitative estimate of drug-likeness (QED) is 0.922. The summed E-state index contributed by atoms with van der Waals surface area (Å²) in [6, 6.07) is 0.0860. The third kappa shape index (κ3) is 5.02. The summed E-state index contributed by atoms with van der Waals surface area (Å²) in [6.45, 7) is 6.96. The Morgan fingerprint density at radius 3 is 2.73 bits per heavy atom. The van der Waals surface area contributed by atoms with Crippen molar-refractivity contribution in [3.8, 4) is 0 Å². The lowest BCUT2D eigenvalue weighted by atomic mass is 10.0. The molecule has 1 fully saturated rings. The van der Waals surface area contributed by atoms with E-state index in [0.29, 0.717) is 17.5 Å². The van der Waals surface area contributed by atoms with Gasteiger partial charge in [0.2, 0.25) is 5.95 Å². The van der Waals surface area contributed by atoms with E-state index in [-0.39, 0.29) is 12.1 Å². The van der Waals surface area contributed by atoms with Gasteiger partial charge in [-0.15, -0.1) is 0 Å². The van der Waals surface area contributed by atoms with Crippen LogP contribution in [0.4, 0.5) is 10.7 Å². The fourth-order valence-electron chi connectivity index (χ4n) is 2.39. The summed E-state index contributed by atoms with van der Waals surface area (Å²) >= 11 is 5.76. The Hall–Kier alpha value is -1.56. The summed E-state index contributed by atoms with van der Waals surface area (Å²) in [5.74, 6) is 0.513. The van der Waals surface area contributed by atoms with Crippen LogP contribution in [-0.4, -0.2) is 45.7 Å². The number of piperidine rings is 1. The zero-order chi connectivity index (χ0) is 16.2. The number of amides is 1. The van der Waals surface area contributed by atoms with E-state index in [2.05, 4.69) is 15.3 Å². The molecule has 2 rings (SSSR count). The molecular formula is C15H23ClN4O2. The second-order valence-electron chi connectivity index (χ2n) is 6.43. The van der Waals surface area contributed by atoms with Crippen molar-refractivity contribution in [1.29, 1.82) is 0 Å². The largest absolute Gasteiger partial charge is 0.444 e. The van der Waals surface area contributed by atoms with Crippen LogP contribution in [-0.2, 0) is 4.74 Å². The highest BCUT2D eigenvalue weighted by molar-refractivity contribution is 6.30. The van der Waals surface area contributed by atoms with E-state index >= 15 is 0 Å². The zero-order valence-electron chi connectivity index (χ0n) is 13.3. The summed E-state index contributed by atoms with van der Waals surface area (Å²) in [7, 11) is 0. The molecule has 1 saturated heterocycles. The fraction of sp³-hybridized carbons (Fsp3) is 0.667. The van der Waals surface area contributed by atoms with Gasteiger partial charge in [0.05, 0.1) is 23.5 Å². The average molecular weight is 327 g/mol. The number of likely N-dealkylation sites (tertiary alicyclic amines) is 1. The standard InChI is InChI=1S/C15H23ClN4O2/c1-15(2,3)22-14(21)20-7-5-4-6-12(20)10-19-13-17-8-11(16)9-18-13/h8-9,12H,4-7,10H2,1-3H3,(H,17,18,19). The Balaban J connectivity index is 1.94. The zero-order valence-corrected chi connectivity index (χ0v) is 14.1. The Kier molecular flexibility index (Phi) is 5.45. The highest BCUT2D eigenvalue weighted by Gasteiger charge is 2.30. The van der Waals surface area contributed by atoms with E-state index in [1.54, 1.807) is 17.3 Å². The first-order chi connectivity index (χ1) is 10.3. The van der Waals surface area contributed by atoms with Crippen LogP contribution in [0, 0.1) is 0 Å². The average Bonchev–Trinajstić information content (AvgIpc) is 2.45. The normalized spacial score (nSPS) is 18.9. The predicted molar refractivity (Wildman–Crippen MR) is 86.1 cm³/mol. The van der Waals surface area contributed by atoms with Gasteiger partial charge in [-0.3, -0.25) is 0 Å². The number of hydrogen-bond donors (Lipinski definition) is 1. The van der Waals surface area contributed by atoms with Gasteiger partial charge in [0.15, 0.2) is 0 Å². The van der Waals surface area contributed by atoms with Crippen molar-refractivity contribution < 1.29 is 9.53 Å². The van der Waals surface area contributed by atoms with Gasteiger partial charge in [0.1, 0.15) is 5.60 Å². The van der Waals surface area contributed by atoms with Crippen molar-refractivity contribution >= 4 is 23.6 Å². The predicted octanol–water partition coefficient (Wildman–Crippen LogP) is 3.33. The number of nitrogens with zero attached hydrogens (tertiary/aromatic N) is 3. The van der Waals surface area contributed by atoms with Crippen LogP contribution in [0.2, 0.25) is 5.02 Å². The van der Waals surface area contributed by atoms with Gasteiger partial charge in [-0.05, 0) is 40.0 Å². The topological polar surface area (TPSA) is 67.3 Å². The molecule has 1 amide bonds. The first-order valence-corrected chi connectivity index (χ1v) is 7.94. The molecular weight excluding hydrogens is 304 g/mol. The summed E-state index contributed by atoms with van der Waals surface area (Å²) < 4.78 is 5.49. The van der Waals surface area contributed by atoms with E-state index in [9.17, 15) is 4.79 Å². The van der Waals surface area contributed by atoms with Crippen LogP contribution < -0.4 is 5.32 Å². The number of anilines is 1. The molecule has 1 aliphatic heterocycles. The fourth-order valence-corrected chi connectivity index (χ4v) is 2.48. The van der Waals surface area contributed by atoms with Gasteiger partial charge in [-0.2, -0.15) is 0 Å².